The number of aromatic nitrogens is 3. The Labute approximate surface area is 201 Å². The van der Waals surface area contributed by atoms with Crippen molar-refractivity contribution in [3.63, 3.8) is 0 Å². The number of unbranched alkanes of at least 4 members (excludes halogenated alkanes) is 1. The van der Waals surface area contributed by atoms with Crippen molar-refractivity contribution in [3.05, 3.63) is 65.9 Å². The van der Waals surface area contributed by atoms with Gasteiger partial charge in [-0.3, -0.25) is 0 Å². The van der Waals surface area contributed by atoms with Gasteiger partial charge in [-0.25, -0.2) is 15.0 Å². The van der Waals surface area contributed by atoms with E-state index >= 15 is 0 Å². The first-order chi connectivity index (χ1) is 16.2. The minimum absolute atomic E-state index is 0.161. The van der Waals surface area contributed by atoms with Crippen molar-refractivity contribution in [2.45, 2.75) is 30.2 Å². The van der Waals surface area contributed by atoms with Gasteiger partial charge in [0.2, 0.25) is 0 Å². The molecule has 0 saturated heterocycles. The SMILES string of the molecule is Nc1nc2nc(SCc3cccc(Oc4ccccc4)c3)nc(CCCCNCCO)c2s1. The van der Waals surface area contributed by atoms with Crippen LogP contribution >= 0.6 is 23.1 Å². The molecule has 4 rings (SSSR count). The molecular formula is C24H27N5O2S2. The number of thiazole rings is 1. The number of ether oxygens (including phenoxy) is 1. The van der Waals surface area contributed by atoms with Crippen molar-refractivity contribution in [3.8, 4) is 11.5 Å². The molecule has 0 aliphatic heterocycles. The van der Waals surface area contributed by atoms with E-state index in [1.807, 2.05) is 48.5 Å². The smallest absolute Gasteiger partial charge is 0.190 e. The van der Waals surface area contributed by atoms with Crippen LogP contribution < -0.4 is 15.8 Å². The molecule has 0 atom stereocenters. The number of hydrogen-bond acceptors (Lipinski definition) is 9. The Bertz CT molecular complexity index is 1170. The Morgan fingerprint density at radius 1 is 0.970 bits per heavy atom. The summed E-state index contributed by atoms with van der Waals surface area (Å²) in [6.45, 7) is 1.67. The molecule has 4 N–H and O–H groups in total. The molecule has 4 aromatic rings. The summed E-state index contributed by atoms with van der Waals surface area (Å²) in [5.41, 5.74) is 8.75. The van der Waals surface area contributed by atoms with Crippen molar-refractivity contribution in [2.24, 2.45) is 0 Å². The molecular weight excluding hydrogens is 454 g/mol. The van der Waals surface area contributed by atoms with E-state index in [0.717, 1.165) is 59.0 Å². The summed E-state index contributed by atoms with van der Waals surface area (Å²) in [5, 5.41) is 13.3. The second kappa shape index (κ2) is 11.9. The molecule has 0 bridgehead atoms. The fourth-order valence-electron chi connectivity index (χ4n) is 3.33. The highest BCUT2D eigenvalue weighted by Crippen LogP contribution is 2.30. The maximum atomic E-state index is 8.86. The molecule has 33 heavy (non-hydrogen) atoms. The van der Waals surface area contributed by atoms with E-state index in [9.17, 15) is 0 Å². The number of nitrogen functional groups attached to an aromatic ring is 1. The minimum Gasteiger partial charge on any atom is -0.457 e. The summed E-state index contributed by atoms with van der Waals surface area (Å²) in [7, 11) is 0. The first-order valence-electron chi connectivity index (χ1n) is 10.9. The summed E-state index contributed by atoms with van der Waals surface area (Å²) < 4.78 is 6.92. The van der Waals surface area contributed by atoms with Gasteiger partial charge in [0, 0.05) is 12.3 Å². The normalized spacial score (nSPS) is 11.2. The van der Waals surface area contributed by atoms with Gasteiger partial charge < -0.3 is 20.9 Å². The van der Waals surface area contributed by atoms with Crippen molar-refractivity contribution >= 4 is 38.6 Å². The minimum atomic E-state index is 0.161. The summed E-state index contributed by atoms with van der Waals surface area (Å²) >= 11 is 3.03. The Morgan fingerprint density at radius 3 is 2.67 bits per heavy atom. The number of aliphatic hydroxyl groups is 1. The van der Waals surface area contributed by atoms with Crippen LogP contribution in [0.1, 0.15) is 24.1 Å². The highest BCUT2D eigenvalue weighted by Gasteiger charge is 2.13. The Balaban J connectivity index is 1.41. The molecule has 0 unspecified atom stereocenters. The summed E-state index contributed by atoms with van der Waals surface area (Å²) in [6.07, 6.45) is 2.84. The highest BCUT2D eigenvalue weighted by molar-refractivity contribution is 7.98. The fourth-order valence-corrected chi connectivity index (χ4v) is 4.92. The van der Waals surface area contributed by atoms with Crippen LogP contribution in [0.15, 0.2) is 59.8 Å². The van der Waals surface area contributed by atoms with Crippen LogP contribution in [0.2, 0.25) is 0 Å². The quantitative estimate of drug-likeness (QED) is 0.152. The van der Waals surface area contributed by atoms with Gasteiger partial charge in [-0.1, -0.05) is 53.4 Å². The highest BCUT2D eigenvalue weighted by atomic mass is 32.2. The lowest BCUT2D eigenvalue weighted by molar-refractivity contribution is 0.292. The molecule has 7 nitrogen and oxygen atoms in total. The number of fused-ring (bicyclic) bond motifs is 1. The van der Waals surface area contributed by atoms with Crippen LogP contribution in [0.4, 0.5) is 5.13 Å². The molecule has 2 aromatic carbocycles. The average molecular weight is 482 g/mol. The van der Waals surface area contributed by atoms with E-state index in [1.54, 1.807) is 11.8 Å². The van der Waals surface area contributed by atoms with Gasteiger partial charge >= 0.3 is 0 Å². The topological polar surface area (TPSA) is 106 Å². The third-order valence-electron chi connectivity index (χ3n) is 4.87. The van der Waals surface area contributed by atoms with Crippen LogP contribution in [0.25, 0.3) is 10.3 Å². The number of benzene rings is 2. The van der Waals surface area contributed by atoms with E-state index in [1.165, 1.54) is 11.3 Å². The number of aliphatic hydroxyl groups excluding tert-OH is 1. The van der Waals surface area contributed by atoms with Gasteiger partial charge in [0.1, 0.15) is 11.5 Å². The third-order valence-corrected chi connectivity index (χ3v) is 6.71. The number of para-hydroxylation sites is 1. The molecule has 2 aromatic heterocycles. The summed E-state index contributed by atoms with van der Waals surface area (Å²) in [5.74, 6) is 2.34. The largest absolute Gasteiger partial charge is 0.457 e. The molecule has 0 aliphatic rings. The lowest BCUT2D eigenvalue weighted by Crippen LogP contribution is -2.19. The molecule has 9 heteroatoms. The van der Waals surface area contributed by atoms with Gasteiger partial charge in [0.15, 0.2) is 15.9 Å². The van der Waals surface area contributed by atoms with Crippen LogP contribution in [0, 0.1) is 0 Å². The standard InChI is InChI=1S/C24H27N5O2S2/c25-23-28-22-21(33-23)20(11-4-5-12-26-13-14-30)27-24(29-22)32-16-17-7-6-10-19(15-17)31-18-8-2-1-3-9-18/h1-3,6-10,15,26,30H,4-5,11-14,16H2,(H2,25,27,28,29). The molecule has 0 aliphatic carbocycles. The van der Waals surface area contributed by atoms with E-state index in [0.29, 0.717) is 22.5 Å². The van der Waals surface area contributed by atoms with Crippen molar-refractivity contribution in [2.75, 3.05) is 25.4 Å². The molecule has 0 saturated carbocycles. The van der Waals surface area contributed by atoms with Crippen LogP contribution in [0.5, 0.6) is 11.5 Å². The summed E-state index contributed by atoms with van der Waals surface area (Å²) in [4.78, 5) is 13.8. The predicted molar refractivity (Wildman–Crippen MR) is 135 cm³/mol. The summed E-state index contributed by atoms with van der Waals surface area (Å²) in [6, 6.07) is 17.8. The number of anilines is 1. The number of nitrogens with zero attached hydrogens (tertiary/aromatic N) is 3. The van der Waals surface area contributed by atoms with E-state index in [-0.39, 0.29) is 6.61 Å². The fraction of sp³-hybridized carbons (Fsp3) is 0.292. The maximum Gasteiger partial charge on any atom is 0.190 e. The number of nitrogens with two attached hydrogens (primary N) is 1. The molecule has 0 amide bonds. The molecule has 0 spiro atoms. The van der Waals surface area contributed by atoms with Crippen molar-refractivity contribution in [1.29, 1.82) is 0 Å². The average Bonchev–Trinajstić information content (AvgIpc) is 3.21. The van der Waals surface area contributed by atoms with Gasteiger partial charge in [-0.2, -0.15) is 0 Å². The van der Waals surface area contributed by atoms with Gasteiger partial charge in [-0.15, -0.1) is 0 Å². The lowest BCUT2D eigenvalue weighted by Gasteiger charge is -2.08. The second-order valence-electron chi connectivity index (χ2n) is 7.44. The first-order valence-corrected chi connectivity index (χ1v) is 12.7. The zero-order valence-corrected chi connectivity index (χ0v) is 19.9. The van der Waals surface area contributed by atoms with Crippen molar-refractivity contribution < 1.29 is 9.84 Å². The monoisotopic (exact) mass is 481 g/mol. The number of nitrogens with one attached hydrogen (secondary N) is 1. The second-order valence-corrected chi connectivity index (χ2v) is 9.41. The van der Waals surface area contributed by atoms with E-state index in [4.69, 9.17) is 20.6 Å². The van der Waals surface area contributed by atoms with Gasteiger partial charge in [0.25, 0.3) is 0 Å². The molecule has 2 heterocycles. The first kappa shape index (κ1) is 23.4. The third kappa shape index (κ3) is 6.88. The van der Waals surface area contributed by atoms with Gasteiger partial charge in [0.05, 0.1) is 17.0 Å². The number of rotatable bonds is 12. The van der Waals surface area contributed by atoms with Crippen molar-refractivity contribution in [1.82, 2.24) is 20.3 Å². The maximum absolute atomic E-state index is 8.86. The van der Waals surface area contributed by atoms with Gasteiger partial charge in [-0.05, 0) is 55.6 Å². The zero-order chi connectivity index (χ0) is 22.9. The number of aryl methyl sites for hydroxylation is 1. The molecule has 0 radical (unpaired) electrons. The Morgan fingerprint density at radius 2 is 1.82 bits per heavy atom. The van der Waals surface area contributed by atoms with Crippen LogP contribution in [-0.2, 0) is 12.2 Å². The molecule has 172 valence electrons. The Kier molecular flexibility index (Phi) is 8.48. The van der Waals surface area contributed by atoms with Crippen LogP contribution in [-0.4, -0.2) is 39.8 Å². The number of thioether (sulfide) groups is 1. The zero-order valence-electron chi connectivity index (χ0n) is 18.2. The lowest BCUT2D eigenvalue weighted by atomic mass is 10.2. The molecule has 0 fully saturated rings. The number of hydrogen-bond donors (Lipinski definition) is 3. The predicted octanol–water partition coefficient (Wildman–Crippen LogP) is 4.66. The van der Waals surface area contributed by atoms with E-state index in [2.05, 4.69) is 21.4 Å². The van der Waals surface area contributed by atoms with Crippen LogP contribution in [0.3, 0.4) is 0 Å². The van der Waals surface area contributed by atoms with E-state index < -0.39 is 0 Å². The Hall–Kier alpha value is -2.72.